The Labute approximate surface area is 201 Å². The summed E-state index contributed by atoms with van der Waals surface area (Å²) < 4.78 is 5.22. The fourth-order valence-electron chi connectivity index (χ4n) is 4.14. The zero-order chi connectivity index (χ0) is 25.3. The summed E-state index contributed by atoms with van der Waals surface area (Å²) in [6.07, 6.45) is 4.58. The van der Waals surface area contributed by atoms with Gasteiger partial charge >= 0.3 is 6.09 Å². The summed E-state index contributed by atoms with van der Waals surface area (Å²) in [5.41, 5.74) is -0.499. The van der Waals surface area contributed by atoms with Crippen LogP contribution in [0.1, 0.15) is 77.8 Å². The Bertz CT molecular complexity index is 832. The first-order valence-electron chi connectivity index (χ1n) is 12.1. The van der Waals surface area contributed by atoms with Gasteiger partial charge in [0.2, 0.25) is 11.8 Å². The van der Waals surface area contributed by atoms with Crippen LogP contribution in [0.15, 0.2) is 24.3 Å². The first-order chi connectivity index (χ1) is 16.1. The van der Waals surface area contributed by atoms with Crippen molar-refractivity contribution < 1.29 is 29.3 Å². The Morgan fingerprint density at radius 3 is 2.35 bits per heavy atom. The van der Waals surface area contributed by atoms with Crippen LogP contribution in [0.4, 0.5) is 4.79 Å². The normalized spacial score (nSPS) is 16.3. The van der Waals surface area contributed by atoms with E-state index in [4.69, 9.17) is 4.74 Å². The van der Waals surface area contributed by atoms with Gasteiger partial charge in [-0.1, -0.05) is 44.4 Å². The molecule has 1 aromatic rings. The van der Waals surface area contributed by atoms with Crippen LogP contribution in [0.5, 0.6) is 5.75 Å². The summed E-state index contributed by atoms with van der Waals surface area (Å²) in [7, 11) is 0. The van der Waals surface area contributed by atoms with Crippen LogP contribution in [0.25, 0.3) is 0 Å². The lowest BCUT2D eigenvalue weighted by molar-refractivity contribution is -0.143. The number of carbonyl (C=O) groups is 3. The standard InChI is InChI=1S/C25H39N3O6/c1-5-15-28(23(32)19(16-29)27-24(33)34-25(2,3)4)21(18-13-9-10-14-20(18)30)22(31)26-17-11-7-6-8-12-17/h9-10,13-14,17,19,21,29-30H,5-8,11-12,15-16H2,1-4H3,(H,26,31)(H,27,33). The molecule has 1 fully saturated rings. The third-order valence-corrected chi connectivity index (χ3v) is 5.66. The molecule has 1 saturated carbocycles. The zero-order valence-corrected chi connectivity index (χ0v) is 20.7. The number of phenolic OH excluding ortho intramolecular Hbond substituents is 1. The van der Waals surface area contributed by atoms with E-state index in [9.17, 15) is 24.6 Å². The Hall–Kier alpha value is -2.81. The average molecular weight is 478 g/mol. The van der Waals surface area contributed by atoms with E-state index in [1.165, 1.54) is 11.0 Å². The molecule has 2 rings (SSSR count). The third-order valence-electron chi connectivity index (χ3n) is 5.66. The van der Waals surface area contributed by atoms with Crippen molar-refractivity contribution in [1.82, 2.24) is 15.5 Å². The number of hydrogen-bond acceptors (Lipinski definition) is 6. The van der Waals surface area contributed by atoms with Crippen molar-refractivity contribution in [2.45, 2.75) is 89.9 Å². The van der Waals surface area contributed by atoms with Gasteiger partial charge in [-0.3, -0.25) is 9.59 Å². The highest BCUT2D eigenvalue weighted by atomic mass is 16.6. The number of aromatic hydroxyl groups is 1. The molecule has 1 aliphatic rings. The van der Waals surface area contributed by atoms with Gasteiger partial charge in [-0.05, 0) is 46.1 Å². The molecular weight excluding hydrogens is 438 g/mol. The molecule has 1 aliphatic carbocycles. The second kappa shape index (κ2) is 12.6. The molecule has 4 N–H and O–H groups in total. The maximum absolute atomic E-state index is 13.5. The lowest BCUT2D eigenvalue weighted by Gasteiger charge is -2.35. The van der Waals surface area contributed by atoms with E-state index in [0.29, 0.717) is 6.42 Å². The molecule has 9 nitrogen and oxygen atoms in total. The molecule has 1 aromatic carbocycles. The van der Waals surface area contributed by atoms with Crippen LogP contribution >= 0.6 is 0 Å². The average Bonchev–Trinajstić information content (AvgIpc) is 2.77. The van der Waals surface area contributed by atoms with Gasteiger partial charge in [0.1, 0.15) is 23.4 Å². The molecule has 0 saturated heterocycles. The molecule has 34 heavy (non-hydrogen) atoms. The van der Waals surface area contributed by atoms with Gasteiger partial charge in [-0.2, -0.15) is 0 Å². The highest BCUT2D eigenvalue weighted by Crippen LogP contribution is 2.30. The lowest BCUT2D eigenvalue weighted by Crippen LogP contribution is -2.55. The van der Waals surface area contributed by atoms with Crippen molar-refractivity contribution in [2.24, 2.45) is 0 Å². The number of rotatable bonds is 9. The molecule has 3 amide bonds. The maximum Gasteiger partial charge on any atom is 0.408 e. The van der Waals surface area contributed by atoms with E-state index >= 15 is 0 Å². The summed E-state index contributed by atoms with van der Waals surface area (Å²) in [5.74, 6) is -1.15. The number of benzene rings is 1. The van der Waals surface area contributed by atoms with Crippen molar-refractivity contribution in [1.29, 1.82) is 0 Å². The van der Waals surface area contributed by atoms with E-state index in [1.54, 1.807) is 39.0 Å². The largest absolute Gasteiger partial charge is 0.508 e. The van der Waals surface area contributed by atoms with Crippen molar-refractivity contribution in [3.63, 3.8) is 0 Å². The van der Waals surface area contributed by atoms with Crippen LogP contribution in [0, 0.1) is 0 Å². The van der Waals surface area contributed by atoms with Crippen LogP contribution < -0.4 is 10.6 Å². The molecule has 0 heterocycles. The van der Waals surface area contributed by atoms with E-state index in [2.05, 4.69) is 10.6 Å². The van der Waals surface area contributed by atoms with Gasteiger partial charge in [0.15, 0.2) is 0 Å². The number of nitrogens with one attached hydrogen (secondary N) is 2. The number of para-hydroxylation sites is 1. The maximum atomic E-state index is 13.5. The van der Waals surface area contributed by atoms with E-state index < -0.39 is 42.2 Å². The van der Waals surface area contributed by atoms with Crippen LogP contribution in [-0.4, -0.2) is 63.9 Å². The van der Waals surface area contributed by atoms with Gasteiger partial charge in [0.05, 0.1) is 6.61 Å². The monoisotopic (exact) mass is 477 g/mol. The molecule has 2 atom stereocenters. The molecule has 0 radical (unpaired) electrons. The number of hydrogen-bond donors (Lipinski definition) is 4. The van der Waals surface area contributed by atoms with Gasteiger partial charge < -0.3 is 30.5 Å². The topological polar surface area (TPSA) is 128 Å². The SMILES string of the molecule is CCCN(C(=O)C(CO)NC(=O)OC(C)(C)C)C(C(=O)NC1CCCCC1)c1ccccc1O. The second-order valence-corrected chi connectivity index (χ2v) is 9.72. The van der Waals surface area contributed by atoms with Crippen LogP contribution in [0.2, 0.25) is 0 Å². The Kier molecular flexibility index (Phi) is 10.2. The van der Waals surface area contributed by atoms with Crippen molar-refractivity contribution in [2.75, 3.05) is 13.2 Å². The molecular formula is C25H39N3O6. The molecule has 190 valence electrons. The van der Waals surface area contributed by atoms with Gasteiger partial charge in [-0.15, -0.1) is 0 Å². The Morgan fingerprint density at radius 2 is 1.79 bits per heavy atom. The number of phenols is 1. The van der Waals surface area contributed by atoms with Crippen molar-refractivity contribution >= 4 is 17.9 Å². The molecule has 2 unspecified atom stereocenters. The summed E-state index contributed by atoms with van der Waals surface area (Å²) >= 11 is 0. The Balaban J connectivity index is 2.36. The van der Waals surface area contributed by atoms with Crippen LogP contribution in [-0.2, 0) is 14.3 Å². The number of alkyl carbamates (subject to hydrolysis) is 1. The predicted octanol–water partition coefficient (Wildman–Crippen LogP) is 3.01. The number of ether oxygens (including phenoxy) is 1. The molecule has 0 aromatic heterocycles. The zero-order valence-electron chi connectivity index (χ0n) is 20.7. The lowest BCUT2D eigenvalue weighted by atomic mass is 9.94. The smallest absolute Gasteiger partial charge is 0.408 e. The minimum Gasteiger partial charge on any atom is -0.508 e. The minimum absolute atomic E-state index is 0.00158. The Morgan fingerprint density at radius 1 is 1.15 bits per heavy atom. The number of aliphatic hydroxyl groups excluding tert-OH is 1. The fourth-order valence-corrected chi connectivity index (χ4v) is 4.14. The molecule has 0 aliphatic heterocycles. The van der Waals surface area contributed by atoms with Crippen LogP contribution in [0.3, 0.4) is 0 Å². The second-order valence-electron chi connectivity index (χ2n) is 9.72. The summed E-state index contributed by atoms with van der Waals surface area (Å²) in [4.78, 5) is 40.6. The summed E-state index contributed by atoms with van der Waals surface area (Å²) in [5, 5.41) is 25.9. The van der Waals surface area contributed by atoms with Gasteiger partial charge in [-0.25, -0.2) is 4.79 Å². The third kappa shape index (κ3) is 7.90. The first kappa shape index (κ1) is 27.4. The quantitative estimate of drug-likeness (QED) is 0.433. The van der Waals surface area contributed by atoms with Gasteiger partial charge in [0.25, 0.3) is 0 Å². The molecule has 9 heteroatoms. The van der Waals surface area contributed by atoms with E-state index in [0.717, 1.165) is 32.1 Å². The summed E-state index contributed by atoms with van der Waals surface area (Å²) in [6.45, 7) is 6.44. The fraction of sp³-hybridized carbons (Fsp3) is 0.640. The first-order valence-corrected chi connectivity index (χ1v) is 12.1. The van der Waals surface area contributed by atoms with E-state index in [-0.39, 0.29) is 23.9 Å². The highest BCUT2D eigenvalue weighted by Gasteiger charge is 2.37. The number of nitrogens with zero attached hydrogens (tertiary/aromatic N) is 1. The van der Waals surface area contributed by atoms with Gasteiger partial charge in [0, 0.05) is 18.2 Å². The number of carbonyl (C=O) groups excluding carboxylic acids is 3. The number of aliphatic hydroxyl groups is 1. The van der Waals surface area contributed by atoms with Crippen molar-refractivity contribution in [3.05, 3.63) is 29.8 Å². The summed E-state index contributed by atoms with van der Waals surface area (Å²) in [6, 6.07) is 3.97. The van der Waals surface area contributed by atoms with E-state index in [1.807, 2.05) is 6.92 Å². The number of amides is 3. The highest BCUT2D eigenvalue weighted by molar-refractivity contribution is 5.92. The minimum atomic E-state index is -1.31. The molecule has 0 spiro atoms. The molecule has 0 bridgehead atoms. The van der Waals surface area contributed by atoms with Crippen molar-refractivity contribution in [3.8, 4) is 5.75 Å². The predicted molar refractivity (Wildman–Crippen MR) is 128 cm³/mol.